The van der Waals surface area contributed by atoms with Gasteiger partial charge in [0.1, 0.15) is 3.70 Å². The summed E-state index contributed by atoms with van der Waals surface area (Å²) in [6, 6.07) is 3.60. The average molecular weight is 401 g/mol. The highest BCUT2D eigenvalue weighted by atomic mass is 127. The molecule has 0 spiro atoms. The lowest BCUT2D eigenvalue weighted by molar-refractivity contribution is -0.117. The number of amides is 1. The van der Waals surface area contributed by atoms with Crippen LogP contribution in [0, 0.1) is 9.62 Å². The van der Waals surface area contributed by atoms with Crippen LogP contribution in [0.15, 0.2) is 18.3 Å². The van der Waals surface area contributed by atoms with Gasteiger partial charge in [-0.1, -0.05) is 0 Å². The Labute approximate surface area is 123 Å². The van der Waals surface area contributed by atoms with Crippen LogP contribution in [0.1, 0.15) is 6.42 Å². The van der Waals surface area contributed by atoms with E-state index in [1.54, 1.807) is 23.2 Å². The zero-order valence-electron chi connectivity index (χ0n) is 9.21. The minimum Gasteiger partial charge on any atom is -0.311 e. The summed E-state index contributed by atoms with van der Waals surface area (Å²) in [5.74, 6) is -0.517. The minimum absolute atomic E-state index is 0.0941. The lowest BCUT2D eigenvalue weighted by Gasteiger charge is -2.15. The molecule has 18 heavy (non-hydrogen) atoms. The molecule has 98 valence electrons. The molecule has 1 amide bonds. The zero-order valence-corrected chi connectivity index (χ0v) is 12.9. The molecule has 1 aliphatic rings. The summed E-state index contributed by atoms with van der Waals surface area (Å²) in [4.78, 5) is 17.5. The standard InChI is InChI=1S/C10H10ClIN2O3S/c11-18(16,17)6-7-3-10(15)14(5-7)8-1-2-9(12)13-4-8/h1-2,4,7H,3,5-6H2. The molecule has 2 rings (SSSR count). The Morgan fingerprint density at radius 1 is 1.50 bits per heavy atom. The maximum absolute atomic E-state index is 11.8. The van der Waals surface area contributed by atoms with Crippen LogP contribution in [0.3, 0.4) is 0 Å². The van der Waals surface area contributed by atoms with Crippen molar-refractivity contribution in [1.29, 1.82) is 0 Å². The van der Waals surface area contributed by atoms with E-state index in [0.717, 1.165) is 3.70 Å². The molecule has 2 heterocycles. The average Bonchev–Trinajstić information content (AvgIpc) is 2.58. The number of carbonyl (C=O) groups excluding carboxylic acids is 1. The second-order valence-electron chi connectivity index (χ2n) is 4.12. The predicted octanol–water partition coefficient (Wildman–Crippen LogP) is 1.61. The molecule has 0 bridgehead atoms. The third-order valence-electron chi connectivity index (χ3n) is 2.66. The topological polar surface area (TPSA) is 67.3 Å². The number of pyridine rings is 1. The van der Waals surface area contributed by atoms with Crippen LogP contribution in [0.4, 0.5) is 5.69 Å². The first-order chi connectivity index (χ1) is 8.35. The van der Waals surface area contributed by atoms with E-state index < -0.39 is 9.05 Å². The van der Waals surface area contributed by atoms with Crippen molar-refractivity contribution in [3.8, 4) is 0 Å². The Balaban J connectivity index is 2.12. The van der Waals surface area contributed by atoms with Gasteiger partial charge in [-0.2, -0.15) is 0 Å². The van der Waals surface area contributed by atoms with E-state index in [-0.39, 0.29) is 24.0 Å². The van der Waals surface area contributed by atoms with Gasteiger partial charge >= 0.3 is 0 Å². The van der Waals surface area contributed by atoms with Crippen LogP contribution in [-0.4, -0.2) is 31.6 Å². The van der Waals surface area contributed by atoms with Gasteiger partial charge in [-0.25, -0.2) is 13.4 Å². The van der Waals surface area contributed by atoms with Crippen LogP contribution in [0.2, 0.25) is 0 Å². The van der Waals surface area contributed by atoms with E-state index in [2.05, 4.69) is 27.6 Å². The molecule has 1 aliphatic heterocycles. The van der Waals surface area contributed by atoms with Gasteiger partial charge in [-0.05, 0) is 34.7 Å². The molecule has 0 radical (unpaired) electrons. The molecular weight excluding hydrogens is 391 g/mol. The molecule has 1 aromatic heterocycles. The molecular formula is C10H10ClIN2O3S. The largest absolute Gasteiger partial charge is 0.311 e. The molecule has 8 heteroatoms. The number of halogens is 2. The van der Waals surface area contributed by atoms with Crippen molar-refractivity contribution < 1.29 is 13.2 Å². The van der Waals surface area contributed by atoms with Crippen LogP contribution >= 0.6 is 33.3 Å². The Hall–Kier alpha value is -0.410. The molecule has 0 aliphatic carbocycles. The summed E-state index contributed by atoms with van der Waals surface area (Å²) in [6.45, 7) is 0.368. The zero-order chi connectivity index (χ0) is 13.3. The van der Waals surface area contributed by atoms with Crippen molar-refractivity contribution >= 4 is 53.9 Å². The number of aromatic nitrogens is 1. The molecule has 1 unspecified atom stereocenters. The first kappa shape index (κ1) is 14.0. The summed E-state index contributed by atoms with van der Waals surface area (Å²) in [6.07, 6.45) is 1.81. The van der Waals surface area contributed by atoms with Crippen LogP contribution in [0.25, 0.3) is 0 Å². The first-order valence-electron chi connectivity index (χ1n) is 5.19. The molecule has 1 fully saturated rings. The second kappa shape index (κ2) is 5.30. The van der Waals surface area contributed by atoms with Gasteiger partial charge in [-0.15, -0.1) is 0 Å². The predicted molar refractivity (Wildman–Crippen MR) is 77.1 cm³/mol. The smallest absolute Gasteiger partial charge is 0.232 e. The fourth-order valence-electron chi connectivity index (χ4n) is 1.95. The molecule has 1 aromatic rings. The third kappa shape index (κ3) is 3.55. The van der Waals surface area contributed by atoms with Crippen molar-refractivity contribution in [2.24, 2.45) is 5.92 Å². The number of anilines is 1. The molecule has 0 aromatic carbocycles. The highest BCUT2D eigenvalue weighted by Crippen LogP contribution is 2.26. The van der Waals surface area contributed by atoms with E-state index in [9.17, 15) is 13.2 Å². The van der Waals surface area contributed by atoms with E-state index in [0.29, 0.717) is 12.2 Å². The number of carbonyl (C=O) groups is 1. The molecule has 0 N–H and O–H groups in total. The lowest BCUT2D eigenvalue weighted by atomic mass is 10.1. The number of hydrogen-bond donors (Lipinski definition) is 0. The van der Waals surface area contributed by atoms with Crippen LogP contribution in [0.5, 0.6) is 0 Å². The monoisotopic (exact) mass is 400 g/mol. The van der Waals surface area contributed by atoms with Gasteiger partial charge in [0, 0.05) is 29.6 Å². The fraction of sp³-hybridized carbons (Fsp3) is 0.400. The van der Waals surface area contributed by atoms with Crippen molar-refractivity contribution in [2.75, 3.05) is 17.2 Å². The summed E-state index contributed by atoms with van der Waals surface area (Å²) < 4.78 is 22.8. The quantitative estimate of drug-likeness (QED) is 0.439. The summed E-state index contributed by atoms with van der Waals surface area (Å²) in [5, 5.41) is 0. The third-order valence-corrected chi connectivity index (χ3v) is 4.55. The van der Waals surface area contributed by atoms with Gasteiger partial charge in [0.25, 0.3) is 0 Å². The fourth-order valence-corrected chi connectivity index (χ4v) is 3.59. The van der Waals surface area contributed by atoms with Crippen LogP contribution < -0.4 is 4.90 Å². The maximum atomic E-state index is 11.8. The van der Waals surface area contributed by atoms with Gasteiger partial charge in [0.05, 0.1) is 17.6 Å². The van der Waals surface area contributed by atoms with E-state index >= 15 is 0 Å². The summed E-state index contributed by atoms with van der Waals surface area (Å²) in [7, 11) is 1.64. The SMILES string of the molecule is O=C1CC(CS(=O)(=O)Cl)CN1c1ccc(I)nc1. The van der Waals surface area contributed by atoms with E-state index in [1.165, 1.54) is 0 Å². The van der Waals surface area contributed by atoms with Gasteiger partial charge in [0.2, 0.25) is 15.0 Å². The van der Waals surface area contributed by atoms with Gasteiger partial charge in [-0.3, -0.25) is 4.79 Å². The van der Waals surface area contributed by atoms with Crippen molar-refractivity contribution in [3.63, 3.8) is 0 Å². The summed E-state index contributed by atoms with van der Waals surface area (Å²) in [5.41, 5.74) is 0.690. The van der Waals surface area contributed by atoms with Crippen LogP contribution in [-0.2, 0) is 13.8 Å². The van der Waals surface area contributed by atoms with Gasteiger partial charge in [0.15, 0.2) is 0 Å². The Bertz CT molecular complexity index is 561. The van der Waals surface area contributed by atoms with Crippen molar-refractivity contribution in [2.45, 2.75) is 6.42 Å². The summed E-state index contributed by atoms with van der Waals surface area (Å²) >= 11 is 2.08. The molecule has 5 nitrogen and oxygen atoms in total. The second-order valence-corrected chi connectivity index (χ2v) is 8.05. The molecule has 0 saturated carbocycles. The molecule has 1 atom stereocenters. The van der Waals surface area contributed by atoms with E-state index in [4.69, 9.17) is 10.7 Å². The highest BCUT2D eigenvalue weighted by Gasteiger charge is 2.33. The van der Waals surface area contributed by atoms with Crippen molar-refractivity contribution in [3.05, 3.63) is 22.0 Å². The van der Waals surface area contributed by atoms with Gasteiger partial charge < -0.3 is 4.90 Å². The Kier molecular flexibility index (Phi) is 4.12. The minimum atomic E-state index is -3.57. The molecule has 1 saturated heterocycles. The lowest BCUT2D eigenvalue weighted by Crippen LogP contribution is -2.25. The normalized spacial score (nSPS) is 20.4. The maximum Gasteiger partial charge on any atom is 0.232 e. The van der Waals surface area contributed by atoms with E-state index in [1.807, 2.05) is 0 Å². The van der Waals surface area contributed by atoms with Crippen molar-refractivity contribution in [1.82, 2.24) is 4.98 Å². The number of nitrogens with zero attached hydrogens (tertiary/aromatic N) is 2. The first-order valence-corrected chi connectivity index (χ1v) is 8.75. The Morgan fingerprint density at radius 3 is 2.78 bits per heavy atom. The number of rotatable bonds is 3. The Morgan fingerprint density at radius 2 is 2.22 bits per heavy atom. The number of hydrogen-bond acceptors (Lipinski definition) is 4. The highest BCUT2D eigenvalue weighted by molar-refractivity contribution is 14.1.